The van der Waals surface area contributed by atoms with Gasteiger partial charge in [-0.25, -0.2) is 0 Å². The van der Waals surface area contributed by atoms with E-state index in [4.69, 9.17) is 5.11 Å². The Balaban J connectivity index is 3.31. The van der Waals surface area contributed by atoms with Crippen LogP contribution in [0.15, 0.2) is 0 Å². The average molecular weight is 271 g/mol. The molecule has 0 heterocycles. The molecule has 3 unspecified atom stereocenters. The highest BCUT2D eigenvalue weighted by Gasteiger charge is 2.05. The molecule has 0 radical (unpaired) electrons. The molecular weight excluding hydrogens is 232 g/mol. The predicted molar refractivity (Wildman–Crippen MR) is 86.4 cm³/mol. The van der Waals surface area contributed by atoms with Gasteiger partial charge in [0.25, 0.3) is 0 Å². The minimum absolute atomic E-state index is 0.352. The van der Waals surface area contributed by atoms with Crippen molar-refractivity contribution in [3.63, 3.8) is 0 Å². The Bertz CT molecular complexity index is 179. The van der Waals surface area contributed by atoms with Gasteiger partial charge in [0.1, 0.15) is 0 Å². The standard InChI is InChI=1S/C18H38O/c1-5-10-16(2)11-7-6-8-12-17(3)13-9-14-18(4)15-19/h16-19H,5-15H2,1-4H3. The summed E-state index contributed by atoms with van der Waals surface area (Å²) in [6.07, 6.45) is 13.6. The van der Waals surface area contributed by atoms with Crippen LogP contribution in [0.2, 0.25) is 0 Å². The van der Waals surface area contributed by atoms with E-state index in [9.17, 15) is 0 Å². The van der Waals surface area contributed by atoms with E-state index in [1.165, 1.54) is 64.2 Å². The first-order chi connectivity index (χ1) is 9.10. The first-order valence-corrected chi connectivity index (χ1v) is 8.70. The number of aliphatic hydroxyl groups is 1. The van der Waals surface area contributed by atoms with E-state index in [1.807, 2.05) is 0 Å². The summed E-state index contributed by atoms with van der Waals surface area (Å²) in [7, 11) is 0. The van der Waals surface area contributed by atoms with Crippen molar-refractivity contribution < 1.29 is 5.11 Å². The van der Waals surface area contributed by atoms with Gasteiger partial charge in [0.15, 0.2) is 0 Å². The fraction of sp³-hybridized carbons (Fsp3) is 1.00. The summed E-state index contributed by atoms with van der Waals surface area (Å²) in [4.78, 5) is 0. The van der Waals surface area contributed by atoms with Crippen molar-refractivity contribution in [3.05, 3.63) is 0 Å². The number of hydrogen-bond donors (Lipinski definition) is 1. The third-order valence-corrected chi connectivity index (χ3v) is 4.38. The van der Waals surface area contributed by atoms with Gasteiger partial charge in [-0.2, -0.15) is 0 Å². The van der Waals surface area contributed by atoms with E-state index >= 15 is 0 Å². The Labute approximate surface area is 122 Å². The Morgan fingerprint density at radius 1 is 0.632 bits per heavy atom. The van der Waals surface area contributed by atoms with Gasteiger partial charge >= 0.3 is 0 Å². The van der Waals surface area contributed by atoms with Crippen LogP contribution in [0.1, 0.15) is 91.9 Å². The van der Waals surface area contributed by atoms with Crippen LogP contribution in [0.25, 0.3) is 0 Å². The number of aliphatic hydroxyl groups excluding tert-OH is 1. The summed E-state index contributed by atoms with van der Waals surface area (Å²) in [5.41, 5.74) is 0. The molecule has 0 aliphatic rings. The maximum atomic E-state index is 8.98. The lowest BCUT2D eigenvalue weighted by molar-refractivity contribution is 0.225. The zero-order chi connectivity index (χ0) is 14.5. The molecule has 0 spiro atoms. The van der Waals surface area contributed by atoms with E-state index in [1.54, 1.807) is 0 Å². The third-order valence-electron chi connectivity index (χ3n) is 4.38. The molecular formula is C18H38O. The van der Waals surface area contributed by atoms with Gasteiger partial charge in [-0.15, -0.1) is 0 Å². The van der Waals surface area contributed by atoms with E-state index < -0.39 is 0 Å². The molecule has 0 bridgehead atoms. The maximum Gasteiger partial charge on any atom is 0.0456 e. The molecule has 19 heavy (non-hydrogen) atoms. The van der Waals surface area contributed by atoms with Crippen LogP contribution >= 0.6 is 0 Å². The molecule has 0 aromatic rings. The van der Waals surface area contributed by atoms with E-state index in [-0.39, 0.29) is 0 Å². The zero-order valence-electron chi connectivity index (χ0n) is 14.0. The number of unbranched alkanes of at least 4 members (excludes halogenated alkanes) is 2. The second kappa shape index (κ2) is 13.0. The van der Waals surface area contributed by atoms with Crippen LogP contribution in [-0.4, -0.2) is 11.7 Å². The summed E-state index contributed by atoms with van der Waals surface area (Å²) < 4.78 is 0. The van der Waals surface area contributed by atoms with Crippen LogP contribution in [0.3, 0.4) is 0 Å². The Kier molecular flexibility index (Phi) is 12.9. The van der Waals surface area contributed by atoms with E-state index in [0.717, 1.165) is 11.8 Å². The smallest absolute Gasteiger partial charge is 0.0456 e. The quantitative estimate of drug-likeness (QED) is 0.419. The summed E-state index contributed by atoms with van der Waals surface area (Å²) in [6.45, 7) is 9.57. The Morgan fingerprint density at radius 2 is 1.11 bits per heavy atom. The molecule has 116 valence electrons. The zero-order valence-corrected chi connectivity index (χ0v) is 14.0. The van der Waals surface area contributed by atoms with Gasteiger partial charge in [-0.3, -0.25) is 0 Å². The summed E-state index contributed by atoms with van der Waals surface area (Å²) in [6, 6.07) is 0. The number of rotatable bonds is 13. The predicted octanol–water partition coefficient (Wildman–Crippen LogP) is 5.81. The van der Waals surface area contributed by atoms with Crippen LogP contribution in [0.5, 0.6) is 0 Å². The first kappa shape index (κ1) is 19.0. The van der Waals surface area contributed by atoms with Crippen LogP contribution < -0.4 is 0 Å². The van der Waals surface area contributed by atoms with E-state index in [0.29, 0.717) is 12.5 Å². The van der Waals surface area contributed by atoms with Crippen LogP contribution in [-0.2, 0) is 0 Å². The van der Waals surface area contributed by atoms with Crippen molar-refractivity contribution in [2.45, 2.75) is 91.9 Å². The van der Waals surface area contributed by atoms with Gasteiger partial charge < -0.3 is 5.11 Å². The summed E-state index contributed by atoms with van der Waals surface area (Å²) in [5, 5.41) is 8.98. The van der Waals surface area contributed by atoms with Crippen molar-refractivity contribution in [3.8, 4) is 0 Å². The third kappa shape index (κ3) is 12.7. The molecule has 0 rings (SSSR count). The lowest BCUT2D eigenvalue weighted by Crippen LogP contribution is -2.02. The summed E-state index contributed by atoms with van der Waals surface area (Å²) >= 11 is 0. The van der Waals surface area contributed by atoms with E-state index in [2.05, 4.69) is 27.7 Å². The molecule has 1 heteroatoms. The maximum absolute atomic E-state index is 8.98. The molecule has 0 aliphatic carbocycles. The molecule has 0 amide bonds. The highest BCUT2D eigenvalue weighted by Crippen LogP contribution is 2.20. The Hall–Kier alpha value is -0.0400. The normalized spacial score (nSPS) is 16.3. The van der Waals surface area contributed by atoms with Crippen molar-refractivity contribution in [2.75, 3.05) is 6.61 Å². The molecule has 0 fully saturated rings. The van der Waals surface area contributed by atoms with Gasteiger partial charge in [-0.1, -0.05) is 85.5 Å². The van der Waals surface area contributed by atoms with Crippen molar-refractivity contribution in [1.29, 1.82) is 0 Å². The van der Waals surface area contributed by atoms with Crippen molar-refractivity contribution in [2.24, 2.45) is 17.8 Å². The van der Waals surface area contributed by atoms with Crippen LogP contribution in [0, 0.1) is 17.8 Å². The lowest BCUT2D eigenvalue weighted by Gasteiger charge is -2.13. The van der Waals surface area contributed by atoms with Gasteiger partial charge in [0.05, 0.1) is 0 Å². The lowest BCUT2D eigenvalue weighted by atomic mass is 9.93. The fourth-order valence-electron chi connectivity index (χ4n) is 2.85. The Morgan fingerprint density at radius 3 is 1.63 bits per heavy atom. The number of hydrogen-bond acceptors (Lipinski definition) is 1. The monoisotopic (exact) mass is 270 g/mol. The van der Waals surface area contributed by atoms with Crippen molar-refractivity contribution >= 4 is 0 Å². The largest absolute Gasteiger partial charge is 0.396 e. The molecule has 0 aliphatic heterocycles. The first-order valence-electron chi connectivity index (χ1n) is 8.70. The molecule has 1 nitrogen and oxygen atoms in total. The molecule has 0 saturated carbocycles. The van der Waals surface area contributed by atoms with Gasteiger partial charge in [0, 0.05) is 6.61 Å². The van der Waals surface area contributed by atoms with Crippen LogP contribution in [0.4, 0.5) is 0 Å². The van der Waals surface area contributed by atoms with Crippen molar-refractivity contribution in [1.82, 2.24) is 0 Å². The second-order valence-corrected chi connectivity index (χ2v) is 6.86. The minimum atomic E-state index is 0.352. The van der Waals surface area contributed by atoms with Gasteiger partial charge in [0.2, 0.25) is 0 Å². The average Bonchev–Trinajstić information content (AvgIpc) is 2.38. The highest BCUT2D eigenvalue weighted by atomic mass is 16.3. The topological polar surface area (TPSA) is 20.2 Å². The molecule has 1 N–H and O–H groups in total. The highest BCUT2D eigenvalue weighted by molar-refractivity contribution is 4.58. The molecule has 0 aromatic heterocycles. The SMILES string of the molecule is CCCC(C)CCCCCC(C)CCCC(C)CO. The molecule has 0 aromatic carbocycles. The molecule has 0 saturated heterocycles. The summed E-state index contributed by atoms with van der Waals surface area (Å²) in [5.74, 6) is 2.30. The fourth-order valence-corrected chi connectivity index (χ4v) is 2.85. The second-order valence-electron chi connectivity index (χ2n) is 6.86. The molecule has 3 atom stereocenters. The van der Waals surface area contributed by atoms with Gasteiger partial charge in [-0.05, 0) is 24.2 Å². The minimum Gasteiger partial charge on any atom is -0.396 e.